The van der Waals surface area contributed by atoms with Crippen molar-refractivity contribution in [3.8, 4) is 0 Å². The highest BCUT2D eigenvalue weighted by molar-refractivity contribution is 5.79. The number of carbonyl (C=O) groups is 1. The van der Waals surface area contributed by atoms with Crippen molar-refractivity contribution >= 4 is 5.91 Å². The van der Waals surface area contributed by atoms with E-state index in [9.17, 15) is 4.79 Å². The molecule has 0 aromatic carbocycles. The maximum atomic E-state index is 11.4. The molecule has 1 aliphatic heterocycles. The van der Waals surface area contributed by atoms with E-state index in [4.69, 9.17) is 5.73 Å². The minimum absolute atomic E-state index is 0.162. The van der Waals surface area contributed by atoms with E-state index < -0.39 is 0 Å². The molecule has 1 fully saturated rings. The van der Waals surface area contributed by atoms with E-state index in [0.29, 0.717) is 0 Å². The fourth-order valence-electron chi connectivity index (χ4n) is 2.83. The van der Waals surface area contributed by atoms with Crippen molar-refractivity contribution in [3.63, 3.8) is 0 Å². The summed E-state index contributed by atoms with van der Waals surface area (Å²) in [6.45, 7) is 8.60. The third kappa shape index (κ3) is 6.39. The summed E-state index contributed by atoms with van der Waals surface area (Å²) in [7, 11) is 0. The Morgan fingerprint density at radius 3 is 2.79 bits per heavy atom. The molecule has 1 heterocycles. The number of carbonyl (C=O) groups excluding carboxylic acids is 1. The van der Waals surface area contributed by atoms with Crippen LogP contribution in [0.1, 0.15) is 52.4 Å². The van der Waals surface area contributed by atoms with Gasteiger partial charge in [0.2, 0.25) is 5.91 Å². The van der Waals surface area contributed by atoms with Gasteiger partial charge in [-0.05, 0) is 57.7 Å². The number of primary amides is 1. The van der Waals surface area contributed by atoms with Crippen LogP contribution in [0.25, 0.3) is 0 Å². The second kappa shape index (κ2) is 9.32. The predicted molar refractivity (Wildman–Crippen MR) is 80.0 cm³/mol. The van der Waals surface area contributed by atoms with E-state index in [0.717, 1.165) is 31.8 Å². The lowest BCUT2D eigenvalue weighted by Crippen LogP contribution is -2.44. The number of nitrogens with two attached hydrogens (primary N) is 1. The van der Waals surface area contributed by atoms with E-state index in [1.165, 1.54) is 38.8 Å². The molecule has 4 nitrogen and oxygen atoms in total. The van der Waals surface area contributed by atoms with Crippen LogP contribution in [-0.2, 0) is 4.79 Å². The third-order valence-electron chi connectivity index (χ3n) is 4.24. The third-order valence-corrected chi connectivity index (χ3v) is 4.24. The van der Waals surface area contributed by atoms with Crippen LogP contribution in [0.5, 0.6) is 0 Å². The fourth-order valence-corrected chi connectivity index (χ4v) is 2.83. The van der Waals surface area contributed by atoms with Gasteiger partial charge in [-0.1, -0.05) is 20.3 Å². The molecule has 3 N–H and O–H groups in total. The van der Waals surface area contributed by atoms with E-state index in [1.54, 1.807) is 0 Å². The number of nitrogens with zero attached hydrogens (tertiary/aromatic N) is 1. The van der Waals surface area contributed by atoms with Gasteiger partial charge in [-0.2, -0.15) is 0 Å². The van der Waals surface area contributed by atoms with Crippen LogP contribution in [0, 0.1) is 5.92 Å². The summed E-state index contributed by atoms with van der Waals surface area (Å²) in [5, 5.41) is 3.24. The highest BCUT2D eigenvalue weighted by atomic mass is 16.1. The Hall–Kier alpha value is -0.610. The standard InChI is InChI=1S/C15H31N3O/c1-3-9-17-14(15(16)19)8-12-18-10-5-6-13(4-2)7-11-18/h13-14,17H,3-12H2,1-2H3,(H2,16,19). The van der Waals surface area contributed by atoms with E-state index in [-0.39, 0.29) is 11.9 Å². The molecule has 1 aliphatic rings. The van der Waals surface area contributed by atoms with Gasteiger partial charge >= 0.3 is 0 Å². The molecular formula is C15H31N3O. The molecule has 0 saturated carbocycles. The zero-order chi connectivity index (χ0) is 14.1. The first-order valence-electron chi connectivity index (χ1n) is 7.92. The Labute approximate surface area is 118 Å². The maximum Gasteiger partial charge on any atom is 0.234 e. The Balaban J connectivity index is 2.30. The highest BCUT2D eigenvalue weighted by Crippen LogP contribution is 2.20. The number of amides is 1. The van der Waals surface area contributed by atoms with Gasteiger partial charge in [0.25, 0.3) is 0 Å². The fraction of sp³-hybridized carbons (Fsp3) is 0.933. The maximum absolute atomic E-state index is 11.4. The van der Waals surface area contributed by atoms with Crippen molar-refractivity contribution in [2.24, 2.45) is 11.7 Å². The Bertz CT molecular complexity index is 258. The van der Waals surface area contributed by atoms with E-state index >= 15 is 0 Å². The zero-order valence-corrected chi connectivity index (χ0v) is 12.7. The quantitative estimate of drug-likeness (QED) is 0.706. The summed E-state index contributed by atoms with van der Waals surface area (Å²) < 4.78 is 0. The summed E-state index contributed by atoms with van der Waals surface area (Å²) in [5.74, 6) is 0.685. The minimum atomic E-state index is -0.213. The summed E-state index contributed by atoms with van der Waals surface area (Å²) >= 11 is 0. The highest BCUT2D eigenvalue weighted by Gasteiger charge is 2.19. The molecule has 2 unspecified atom stereocenters. The first-order valence-corrected chi connectivity index (χ1v) is 7.92. The zero-order valence-electron chi connectivity index (χ0n) is 12.7. The molecule has 0 spiro atoms. The lowest BCUT2D eigenvalue weighted by molar-refractivity contribution is -0.120. The molecule has 112 valence electrons. The van der Waals surface area contributed by atoms with Crippen LogP contribution >= 0.6 is 0 Å². The summed E-state index contributed by atoms with van der Waals surface area (Å²) in [4.78, 5) is 13.9. The summed E-state index contributed by atoms with van der Waals surface area (Å²) in [6, 6.07) is -0.162. The van der Waals surface area contributed by atoms with Crippen LogP contribution in [0.2, 0.25) is 0 Å². The molecule has 0 aliphatic carbocycles. The topological polar surface area (TPSA) is 58.4 Å². The molecular weight excluding hydrogens is 238 g/mol. The van der Waals surface area contributed by atoms with Crippen LogP contribution in [0.15, 0.2) is 0 Å². The van der Waals surface area contributed by atoms with Gasteiger partial charge in [0.05, 0.1) is 6.04 Å². The molecule has 1 amide bonds. The smallest absolute Gasteiger partial charge is 0.234 e. The van der Waals surface area contributed by atoms with E-state index in [2.05, 4.69) is 24.1 Å². The molecule has 0 radical (unpaired) electrons. The van der Waals surface area contributed by atoms with Gasteiger partial charge in [-0.25, -0.2) is 0 Å². The van der Waals surface area contributed by atoms with Gasteiger partial charge in [0.15, 0.2) is 0 Å². The minimum Gasteiger partial charge on any atom is -0.368 e. The van der Waals surface area contributed by atoms with Gasteiger partial charge in [-0.15, -0.1) is 0 Å². The van der Waals surface area contributed by atoms with Crippen LogP contribution in [0.4, 0.5) is 0 Å². The average Bonchev–Trinajstić information content (AvgIpc) is 2.63. The molecule has 0 bridgehead atoms. The molecule has 1 saturated heterocycles. The van der Waals surface area contributed by atoms with Crippen LogP contribution in [-0.4, -0.2) is 43.0 Å². The molecule has 4 heteroatoms. The molecule has 0 aromatic rings. The van der Waals surface area contributed by atoms with Crippen molar-refractivity contribution in [2.75, 3.05) is 26.2 Å². The van der Waals surface area contributed by atoms with Gasteiger partial charge < -0.3 is 16.0 Å². The average molecular weight is 269 g/mol. The van der Waals surface area contributed by atoms with Gasteiger partial charge in [0, 0.05) is 6.54 Å². The summed E-state index contributed by atoms with van der Waals surface area (Å²) in [5.41, 5.74) is 5.45. The van der Waals surface area contributed by atoms with Gasteiger partial charge in [-0.3, -0.25) is 4.79 Å². The lowest BCUT2D eigenvalue weighted by atomic mass is 9.98. The normalized spacial score (nSPS) is 22.9. The lowest BCUT2D eigenvalue weighted by Gasteiger charge is -2.23. The first-order chi connectivity index (χ1) is 9.17. The number of nitrogens with one attached hydrogen (secondary N) is 1. The number of hydrogen-bond donors (Lipinski definition) is 2. The Kier molecular flexibility index (Phi) is 8.07. The predicted octanol–water partition coefficient (Wildman–Crippen LogP) is 1.74. The largest absolute Gasteiger partial charge is 0.368 e. The number of hydrogen-bond acceptors (Lipinski definition) is 3. The second-order valence-electron chi connectivity index (χ2n) is 5.74. The molecule has 19 heavy (non-hydrogen) atoms. The van der Waals surface area contributed by atoms with Crippen LogP contribution in [0.3, 0.4) is 0 Å². The first kappa shape index (κ1) is 16.4. The van der Waals surface area contributed by atoms with Crippen molar-refractivity contribution in [2.45, 2.75) is 58.4 Å². The SMILES string of the molecule is CCCNC(CCN1CCCC(CC)CC1)C(N)=O. The number of likely N-dealkylation sites (tertiary alicyclic amines) is 1. The van der Waals surface area contributed by atoms with Gasteiger partial charge in [0.1, 0.15) is 0 Å². The number of rotatable bonds is 8. The summed E-state index contributed by atoms with van der Waals surface area (Å²) in [6.07, 6.45) is 7.14. The Morgan fingerprint density at radius 1 is 1.37 bits per heavy atom. The molecule has 1 rings (SSSR count). The molecule has 0 aromatic heterocycles. The van der Waals surface area contributed by atoms with Crippen molar-refractivity contribution in [3.05, 3.63) is 0 Å². The van der Waals surface area contributed by atoms with Crippen molar-refractivity contribution in [1.82, 2.24) is 10.2 Å². The van der Waals surface area contributed by atoms with Crippen LogP contribution < -0.4 is 11.1 Å². The van der Waals surface area contributed by atoms with Crippen molar-refractivity contribution in [1.29, 1.82) is 0 Å². The van der Waals surface area contributed by atoms with E-state index in [1.807, 2.05) is 0 Å². The Morgan fingerprint density at radius 2 is 2.16 bits per heavy atom. The monoisotopic (exact) mass is 269 g/mol. The second-order valence-corrected chi connectivity index (χ2v) is 5.74. The molecule has 2 atom stereocenters. The van der Waals surface area contributed by atoms with Crippen molar-refractivity contribution < 1.29 is 4.79 Å².